The van der Waals surface area contributed by atoms with Crippen molar-refractivity contribution in [3.05, 3.63) is 90.2 Å². The van der Waals surface area contributed by atoms with Gasteiger partial charge in [0, 0.05) is 35.2 Å². The van der Waals surface area contributed by atoms with Crippen molar-refractivity contribution >= 4 is 22.4 Å². The highest BCUT2D eigenvalue weighted by Crippen LogP contribution is 2.38. The van der Waals surface area contributed by atoms with Gasteiger partial charge < -0.3 is 19.2 Å². The zero-order valence-corrected chi connectivity index (χ0v) is 19.8. The SMILES string of the molecule is CCOc1cc2occ(-c3cccc(OC)c3)c2cc1/C(C)=C/C(=O)NCCc1ccccc1. The molecule has 0 aliphatic rings. The van der Waals surface area contributed by atoms with Gasteiger partial charge in [-0.1, -0.05) is 42.5 Å². The Morgan fingerprint density at radius 2 is 1.88 bits per heavy atom. The number of rotatable bonds is 9. The molecule has 1 aromatic heterocycles. The lowest BCUT2D eigenvalue weighted by Gasteiger charge is -2.12. The molecule has 1 heterocycles. The van der Waals surface area contributed by atoms with Crippen LogP contribution in [0.15, 0.2) is 83.5 Å². The maximum atomic E-state index is 12.6. The van der Waals surface area contributed by atoms with E-state index in [-0.39, 0.29) is 5.91 Å². The van der Waals surface area contributed by atoms with Gasteiger partial charge in [-0.2, -0.15) is 0 Å². The molecule has 0 aliphatic heterocycles. The molecular weight excluding hydrogens is 426 g/mol. The Balaban J connectivity index is 1.61. The van der Waals surface area contributed by atoms with Gasteiger partial charge in [0.15, 0.2) is 0 Å². The summed E-state index contributed by atoms with van der Waals surface area (Å²) in [6, 6.07) is 21.9. The monoisotopic (exact) mass is 455 g/mol. The van der Waals surface area contributed by atoms with Crippen molar-refractivity contribution in [2.75, 3.05) is 20.3 Å². The molecule has 1 amide bonds. The number of carbonyl (C=O) groups excluding carboxylic acids is 1. The molecule has 0 bridgehead atoms. The van der Waals surface area contributed by atoms with E-state index in [1.54, 1.807) is 19.4 Å². The number of fused-ring (bicyclic) bond motifs is 1. The number of furan rings is 1. The minimum absolute atomic E-state index is 0.129. The van der Waals surface area contributed by atoms with E-state index in [1.807, 2.05) is 68.4 Å². The maximum absolute atomic E-state index is 12.6. The standard InChI is InChI=1S/C29H29NO4/c1-4-33-27-18-28-25(26(19-34-28)22-11-8-12-23(16-22)32-3)17-24(27)20(2)15-29(31)30-14-13-21-9-6-5-7-10-21/h5-12,15-19H,4,13-14H2,1-3H3,(H,30,31)/b20-15+. The van der Waals surface area contributed by atoms with Gasteiger partial charge >= 0.3 is 0 Å². The Kier molecular flexibility index (Phi) is 7.33. The quantitative estimate of drug-likeness (QED) is 0.302. The molecule has 0 atom stereocenters. The molecule has 4 rings (SSSR count). The van der Waals surface area contributed by atoms with Crippen molar-refractivity contribution < 1.29 is 18.7 Å². The molecular formula is C29H29NO4. The molecule has 0 fully saturated rings. The van der Waals surface area contributed by atoms with Gasteiger partial charge in [-0.3, -0.25) is 4.79 Å². The first-order chi connectivity index (χ1) is 16.6. The highest BCUT2D eigenvalue weighted by molar-refractivity contribution is 6.00. The molecule has 3 aromatic carbocycles. The largest absolute Gasteiger partial charge is 0.497 e. The van der Waals surface area contributed by atoms with Crippen LogP contribution < -0.4 is 14.8 Å². The second kappa shape index (κ2) is 10.8. The van der Waals surface area contributed by atoms with Gasteiger partial charge in [-0.25, -0.2) is 0 Å². The van der Waals surface area contributed by atoms with E-state index in [9.17, 15) is 4.79 Å². The lowest BCUT2D eigenvalue weighted by atomic mass is 9.99. The van der Waals surface area contributed by atoms with Crippen LogP contribution in [0.25, 0.3) is 27.7 Å². The van der Waals surface area contributed by atoms with Gasteiger partial charge in [0.2, 0.25) is 5.91 Å². The van der Waals surface area contributed by atoms with Crippen LogP contribution in [0.4, 0.5) is 0 Å². The van der Waals surface area contributed by atoms with Crippen LogP contribution in [0.2, 0.25) is 0 Å². The predicted octanol–water partition coefficient (Wildman–Crippen LogP) is 6.27. The van der Waals surface area contributed by atoms with Gasteiger partial charge in [0.1, 0.15) is 17.1 Å². The van der Waals surface area contributed by atoms with Crippen LogP contribution in [-0.2, 0) is 11.2 Å². The molecule has 0 unspecified atom stereocenters. The number of nitrogens with one attached hydrogen (secondary N) is 1. The summed E-state index contributed by atoms with van der Waals surface area (Å²) in [5.74, 6) is 1.34. The second-order valence-corrected chi connectivity index (χ2v) is 8.01. The second-order valence-electron chi connectivity index (χ2n) is 8.01. The van der Waals surface area contributed by atoms with Crippen molar-refractivity contribution in [2.45, 2.75) is 20.3 Å². The fraction of sp³-hybridized carbons (Fsp3) is 0.207. The molecule has 0 radical (unpaired) electrons. The summed E-state index contributed by atoms with van der Waals surface area (Å²) in [7, 11) is 1.65. The van der Waals surface area contributed by atoms with Gasteiger partial charge in [0.25, 0.3) is 0 Å². The van der Waals surface area contributed by atoms with Crippen LogP contribution in [-0.4, -0.2) is 26.2 Å². The van der Waals surface area contributed by atoms with Gasteiger partial charge in [-0.15, -0.1) is 0 Å². The normalized spacial score (nSPS) is 11.4. The summed E-state index contributed by atoms with van der Waals surface area (Å²) in [6.07, 6.45) is 4.16. The van der Waals surface area contributed by atoms with E-state index in [0.717, 1.165) is 45.4 Å². The zero-order chi connectivity index (χ0) is 23.9. The number of amides is 1. The van der Waals surface area contributed by atoms with Crippen molar-refractivity contribution in [1.82, 2.24) is 5.32 Å². The van der Waals surface area contributed by atoms with Crippen LogP contribution in [0.3, 0.4) is 0 Å². The zero-order valence-electron chi connectivity index (χ0n) is 19.8. The lowest BCUT2D eigenvalue weighted by Crippen LogP contribution is -2.23. The molecule has 0 aliphatic carbocycles. The molecule has 5 heteroatoms. The molecule has 0 saturated carbocycles. The van der Waals surface area contributed by atoms with E-state index < -0.39 is 0 Å². The first-order valence-electron chi connectivity index (χ1n) is 11.4. The molecule has 0 saturated heterocycles. The topological polar surface area (TPSA) is 60.7 Å². The van der Waals surface area contributed by atoms with Crippen LogP contribution in [0.1, 0.15) is 25.0 Å². The van der Waals surface area contributed by atoms with Crippen LogP contribution in [0, 0.1) is 0 Å². The third-order valence-electron chi connectivity index (χ3n) is 5.68. The van der Waals surface area contributed by atoms with E-state index in [2.05, 4.69) is 17.4 Å². The molecule has 1 N–H and O–H groups in total. The Hall–Kier alpha value is -3.99. The molecule has 5 nitrogen and oxygen atoms in total. The highest BCUT2D eigenvalue weighted by atomic mass is 16.5. The average molecular weight is 456 g/mol. The number of allylic oxidation sites excluding steroid dienone is 1. The number of benzene rings is 3. The fourth-order valence-electron chi connectivity index (χ4n) is 3.95. The van der Waals surface area contributed by atoms with Gasteiger partial charge in [0.05, 0.1) is 20.0 Å². The van der Waals surface area contributed by atoms with Gasteiger partial charge in [-0.05, 0) is 55.2 Å². The van der Waals surface area contributed by atoms with Crippen molar-refractivity contribution in [3.8, 4) is 22.6 Å². The minimum Gasteiger partial charge on any atom is -0.497 e. The molecule has 4 aromatic rings. The summed E-state index contributed by atoms with van der Waals surface area (Å²) in [5, 5.41) is 3.92. The minimum atomic E-state index is -0.129. The Labute approximate surface area is 200 Å². The number of methoxy groups -OCH3 is 1. The predicted molar refractivity (Wildman–Crippen MR) is 136 cm³/mol. The lowest BCUT2D eigenvalue weighted by molar-refractivity contribution is -0.116. The average Bonchev–Trinajstić information content (AvgIpc) is 3.27. The van der Waals surface area contributed by atoms with E-state index >= 15 is 0 Å². The van der Waals surface area contributed by atoms with Crippen molar-refractivity contribution in [3.63, 3.8) is 0 Å². The Morgan fingerprint density at radius 3 is 2.65 bits per heavy atom. The first kappa shape index (κ1) is 23.2. The summed E-state index contributed by atoms with van der Waals surface area (Å²) in [5.41, 5.74) is 5.55. The number of ether oxygens (including phenoxy) is 2. The summed E-state index contributed by atoms with van der Waals surface area (Å²) >= 11 is 0. The first-order valence-corrected chi connectivity index (χ1v) is 11.4. The smallest absolute Gasteiger partial charge is 0.244 e. The van der Waals surface area contributed by atoms with Crippen LogP contribution in [0.5, 0.6) is 11.5 Å². The Bertz CT molecular complexity index is 1300. The van der Waals surface area contributed by atoms with Crippen molar-refractivity contribution in [1.29, 1.82) is 0 Å². The van der Waals surface area contributed by atoms with E-state index in [0.29, 0.717) is 18.9 Å². The maximum Gasteiger partial charge on any atom is 0.244 e. The Morgan fingerprint density at radius 1 is 1.06 bits per heavy atom. The number of hydrogen-bond acceptors (Lipinski definition) is 4. The number of hydrogen-bond donors (Lipinski definition) is 1. The van der Waals surface area contributed by atoms with Crippen molar-refractivity contribution in [2.24, 2.45) is 0 Å². The third-order valence-corrected chi connectivity index (χ3v) is 5.68. The fourth-order valence-corrected chi connectivity index (χ4v) is 3.95. The molecule has 34 heavy (non-hydrogen) atoms. The summed E-state index contributed by atoms with van der Waals surface area (Å²) in [6.45, 7) is 4.95. The third kappa shape index (κ3) is 5.31. The molecule has 174 valence electrons. The van der Waals surface area contributed by atoms with Crippen LogP contribution >= 0.6 is 0 Å². The summed E-state index contributed by atoms with van der Waals surface area (Å²) in [4.78, 5) is 12.6. The summed E-state index contributed by atoms with van der Waals surface area (Å²) < 4.78 is 17.1. The number of carbonyl (C=O) groups is 1. The highest BCUT2D eigenvalue weighted by Gasteiger charge is 2.15. The van der Waals surface area contributed by atoms with E-state index in [1.165, 1.54) is 5.56 Å². The molecule has 0 spiro atoms. The van der Waals surface area contributed by atoms with E-state index in [4.69, 9.17) is 13.9 Å².